The van der Waals surface area contributed by atoms with Crippen LogP contribution >= 0.6 is 0 Å². The average molecular weight is 455 g/mol. The van der Waals surface area contributed by atoms with Crippen molar-refractivity contribution in [1.82, 2.24) is 20.6 Å². The van der Waals surface area contributed by atoms with E-state index in [1.807, 2.05) is 6.92 Å². The highest BCUT2D eigenvalue weighted by Gasteiger charge is 2.58. The summed E-state index contributed by atoms with van der Waals surface area (Å²) < 4.78 is 64.7. The number of alkyl halides is 2. The topological polar surface area (TPSA) is 73.2 Å². The summed E-state index contributed by atoms with van der Waals surface area (Å²) in [4.78, 5) is 3.85. The molecule has 0 bridgehead atoms. The molecule has 0 spiro atoms. The predicted octanol–water partition coefficient (Wildman–Crippen LogP) is 2.92. The number of hydrogen-bond acceptors (Lipinski definition) is 7. The fourth-order valence-corrected chi connectivity index (χ4v) is 3.36. The third-order valence-corrected chi connectivity index (χ3v) is 5.17. The number of nitrogens with zero attached hydrogens (tertiary/aromatic N) is 4. The van der Waals surface area contributed by atoms with Gasteiger partial charge in [-0.1, -0.05) is 6.07 Å². The van der Waals surface area contributed by atoms with Crippen molar-refractivity contribution < 1.29 is 27.4 Å². The molecule has 32 heavy (non-hydrogen) atoms. The van der Waals surface area contributed by atoms with Crippen molar-refractivity contribution >= 4 is 6.34 Å². The SMILES string of the molecule is CCOCCCc1ccc(C(F)(F)C(O)(CN2C=NNN2C)c2ccc(F)cc2F)nc1. The number of aryl methyl sites for hydroxylation is 1. The third kappa shape index (κ3) is 4.84. The number of halogens is 4. The zero-order chi connectivity index (χ0) is 23.4. The number of aromatic nitrogens is 1. The molecule has 1 atom stereocenters. The van der Waals surface area contributed by atoms with Gasteiger partial charge in [0.25, 0.3) is 0 Å². The van der Waals surface area contributed by atoms with E-state index in [4.69, 9.17) is 4.74 Å². The molecule has 11 heteroatoms. The molecule has 0 fully saturated rings. The highest BCUT2D eigenvalue weighted by atomic mass is 19.3. The first-order valence-corrected chi connectivity index (χ1v) is 10.1. The molecule has 2 heterocycles. The number of hydrazone groups is 1. The fraction of sp³-hybridized carbons (Fsp3) is 0.429. The molecule has 0 aliphatic carbocycles. The van der Waals surface area contributed by atoms with Gasteiger partial charge in [0.15, 0.2) is 5.60 Å². The molecule has 0 radical (unpaired) electrons. The number of aliphatic hydroxyl groups is 1. The molecule has 2 aromatic rings. The van der Waals surface area contributed by atoms with Crippen molar-refractivity contribution in [2.24, 2.45) is 5.10 Å². The second-order valence-electron chi connectivity index (χ2n) is 7.38. The van der Waals surface area contributed by atoms with Crippen molar-refractivity contribution in [3.8, 4) is 0 Å². The van der Waals surface area contributed by atoms with Gasteiger partial charge in [-0.25, -0.2) is 14.3 Å². The Kier molecular flexibility index (Phi) is 7.32. The summed E-state index contributed by atoms with van der Waals surface area (Å²) in [6, 6.07) is 4.65. The fourth-order valence-electron chi connectivity index (χ4n) is 3.36. The van der Waals surface area contributed by atoms with Crippen molar-refractivity contribution in [3.05, 3.63) is 65.0 Å². The lowest BCUT2D eigenvalue weighted by atomic mass is 9.84. The van der Waals surface area contributed by atoms with Crippen LogP contribution in [0.1, 0.15) is 30.2 Å². The second kappa shape index (κ2) is 9.80. The molecule has 1 aromatic heterocycles. The van der Waals surface area contributed by atoms with Gasteiger partial charge in [0, 0.05) is 38.1 Å². The summed E-state index contributed by atoms with van der Waals surface area (Å²) in [5.74, 6) is -6.29. The maximum atomic E-state index is 15.7. The van der Waals surface area contributed by atoms with Crippen LogP contribution in [0.5, 0.6) is 0 Å². The van der Waals surface area contributed by atoms with Crippen LogP contribution in [0.4, 0.5) is 17.6 Å². The van der Waals surface area contributed by atoms with Crippen molar-refractivity contribution in [1.29, 1.82) is 0 Å². The molecule has 0 saturated heterocycles. The Morgan fingerprint density at radius 3 is 2.56 bits per heavy atom. The van der Waals surface area contributed by atoms with Crippen LogP contribution in [-0.2, 0) is 22.7 Å². The van der Waals surface area contributed by atoms with Gasteiger partial charge in [0.2, 0.25) is 0 Å². The number of rotatable bonds is 10. The first-order chi connectivity index (χ1) is 15.2. The predicted molar refractivity (Wildman–Crippen MR) is 109 cm³/mol. The molecule has 0 saturated carbocycles. The number of ether oxygens (including phenoxy) is 1. The smallest absolute Gasteiger partial charge is 0.323 e. The van der Waals surface area contributed by atoms with Gasteiger partial charge in [0.05, 0.1) is 6.54 Å². The van der Waals surface area contributed by atoms with E-state index >= 15 is 8.78 Å². The Morgan fingerprint density at radius 1 is 1.19 bits per heavy atom. The number of hydrazine groups is 2. The van der Waals surface area contributed by atoms with E-state index in [9.17, 15) is 13.9 Å². The van der Waals surface area contributed by atoms with E-state index in [2.05, 4.69) is 15.6 Å². The Hall–Kier alpha value is -2.76. The zero-order valence-corrected chi connectivity index (χ0v) is 17.7. The molecule has 7 nitrogen and oxygen atoms in total. The first-order valence-electron chi connectivity index (χ1n) is 10.1. The third-order valence-electron chi connectivity index (χ3n) is 5.17. The lowest BCUT2D eigenvalue weighted by Crippen LogP contribution is -2.55. The lowest BCUT2D eigenvalue weighted by molar-refractivity contribution is -0.214. The molecule has 1 aromatic carbocycles. The van der Waals surface area contributed by atoms with Crippen LogP contribution in [0.2, 0.25) is 0 Å². The van der Waals surface area contributed by atoms with E-state index in [1.54, 1.807) is 0 Å². The summed E-state index contributed by atoms with van der Waals surface area (Å²) >= 11 is 0. The van der Waals surface area contributed by atoms with Crippen LogP contribution in [0.15, 0.2) is 41.6 Å². The quantitative estimate of drug-likeness (QED) is 0.424. The van der Waals surface area contributed by atoms with Gasteiger partial charge >= 0.3 is 5.92 Å². The van der Waals surface area contributed by atoms with E-state index < -0.39 is 41.0 Å². The van der Waals surface area contributed by atoms with Crippen LogP contribution in [-0.4, -0.2) is 53.4 Å². The molecule has 2 N–H and O–H groups in total. The zero-order valence-electron chi connectivity index (χ0n) is 17.7. The number of pyridine rings is 1. The number of benzene rings is 1. The molecular weight excluding hydrogens is 430 g/mol. The minimum absolute atomic E-state index is 0.450. The number of hydrogen-bond donors (Lipinski definition) is 2. The van der Waals surface area contributed by atoms with Gasteiger partial charge in [0.1, 0.15) is 23.7 Å². The van der Waals surface area contributed by atoms with Gasteiger partial charge in [-0.3, -0.25) is 9.99 Å². The van der Waals surface area contributed by atoms with Crippen LogP contribution in [0.3, 0.4) is 0 Å². The van der Waals surface area contributed by atoms with Gasteiger partial charge in [-0.2, -0.15) is 13.9 Å². The number of nitrogens with one attached hydrogen (secondary N) is 1. The maximum absolute atomic E-state index is 15.7. The minimum Gasteiger partial charge on any atom is -0.382 e. The second-order valence-corrected chi connectivity index (χ2v) is 7.38. The highest BCUT2D eigenvalue weighted by Crippen LogP contribution is 2.46. The standard InChI is InChI=1S/C21H25F4N5O2/c1-3-32-10-4-5-15-6-9-19(26-12-15)21(24,25)20(31,13-30-14-27-28-29(30)2)17-8-7-16(22)11-18(17)23/h6-9,11-12,14,28,31H,3-5,10,13H2,1-2H3. The Labute approximate surface area is 183 Å². The molecule has 0 amide bonds. The molecule has 1 unspecified atom stereocenters. The Morgan fingerprint density at radius 2 is 1.97 bits per heavy atom. The largest absolute Gasteiger partial charge is 0.382 e. The summed E-state index contributed by atoms with van der Waals surface area (Å²) in [5, 5.41) is 17.3. The normalized spacial score (nSPS) is 16.3. The Balaban J connectivity index is 1.94. The van der Waals surface area contributed by atoms with E-state index in [0.29, 0.717) is 32.1 Å². The van der Waals surface area contributed by atoms with E-state index in [1.165, 1.54) is 24.4 Å². The molecular formula is C21H25F4N5O2. The van der Waals surface area contributed by atoms with Gasteiger partial charge in [-0.05, 0) is 43.5 Å². The molecule has 174 valence electrons. The van der Waals surface area contributed by atoms with Crippen molar-refractivity contribution in [3.63, 3.8) is 0 Å². The lowest BCUT2D eigenvalue weighted by Gasteiger charge is -2.39. The summed E-state index contributed by atoms with van der Waals surface area (Å²) in [7, 11) is 1.47. The van der Waals surface area contributed by atoms with E-state index in [0.717, 1.165) is 35.1 Å². The average Bonchev–Trinajstić information content (AvgIpc) is 3.15. The monoisotopic (exact) mass is 455 g/mol. The van der Waals surface area contributed by atoms with Gasteiger partial charge < -0.3 is 9.84 Å². The summed E-state index contributed by atoms with van der Waals surface area (Å²) in [6.45, 7) is 2.23. The minimum atomic E-state index is -4.03. The van der Waals surface area contributed by atoms with Crippen LogP contribution < -0.4 is 5.53 Å². The maximum Gasteiger partial charge on any atom is 0.323 e. The van der Waals surface area contributed by atoms with Gasteiger partial charge in [-0.15, -0.1) is 5.12 Å². The van der Waals surface area contributed by atoms with Crippen LogP contribution in [0, 0.1) is 11.6 Å². The van der Waals surface area contributed by atoms with Crippen LogP contribution in [0.25, 0.3) is 0 Å². The molecule has 1 aliphatic heterocycles. The summed E-state index contributed by atoms with van der Waals surface area (Å²) in [6.07, 6.45) is 3.74. The Bertz CT molecular complexity index is 944. The molecule has 3 rings (SSSR count). The highest BCUT2D eigenvalue weighted by molar-refractivity contribution is 5.55. The van der Waals surface area contributed by atoms with Crippen molar-refractivity contribution in [2.45, 2.75) is 31.3 Å². The van der Waals surface area contributed by atoms with Crippen molar-refractivity contribution in [2.75, 3.05) is 26.8 Å². The first kappa shape index (κ1) is 23.9. The summed E-state index contributed by atoms with van der Waals surface area (Å²) in [5.41, 5.74) is -1.40. The molecule has 1 aliphatic rings. The van der Waals surface area contributed by atoms with E-state index in [-0.39, 0.29) is 0 Å². The number of β-amino-alcohol motifs (C(OH)–C–C–N with tert-alkyl or cyclic N) is 1.